The first-order valence-electron chi connectivity index (χ1n) is 11.8. The van der Waals surface area contributed by atoms with Gasteiger partial charge in [-0.05, 0) is 59.6 Å². The lowest BCUT2D eigenvalue weighted by molar-refractivity contribution is -0.0266. The normalized spacial score (nSPS) is 29.1. The third-order valence-electron chi connectivity index (χ3n) is 8.74. The van der Waals surface area contributed by atoms with E-state index in [0.717, 1.165) is 50.1 Å². The van der Waals surface area contributed by atoms with Gasteiger partial charge in [-0.25, -0.2) is 0 Å². The van der Waals surface area contributed by atoms with Crippen LogP contribution in [0.2, 0.25) is 0 Å². The van der Waals surface area contributed by atoms with Crippen molar-refractivity contribution in [1.82, 2.24) is 9.80 Å². The second-order valence-electron chi connectivity index (χ2n) is 10.7. The van der Waals surface area contributed by atoms with E-state index in [-0.39, 0.29) is 28.9 Å². The number of carbonyl (C=O) groups excluding carboxylic acids is 1. The number of likely N-dealkylation sites (tertiary alicyclic amines) is 2. The third-order valence-corrected chi connectivity index (χ3v) is 8.74. The molecule has 0 radical (unpaired) electrons. The van der Waals surface area contributed by atoms with E-state index in [4.69, 9.17) is 0 Å². The van der Waals surface area contributed by atoms with Gasteiger partial charge in [0.1, 0.15) is 5.75 Å². The standard InChI is InChI=1S/C27H34N2O3/c1-26(2)24-15-21-22(5-4-6-23(21)31)27(26,3)12-14-29(24)25(32)19-9-7-18(8-10-19)16-28-13-11-20(30)17-28/h4-10,20,24,30-31H,11-17H2,1-3H3/t20?,24-,27-/m0/s1. The lowest BCUT2D eigenvalue weighted by atomic mass is 9.51. The highest BCUT2D eigenvalue weighted by atomic mass is 16.3. The lowest BCUT2D eigenvalue weighted by Crippen LogP contribution is -2.64. The monoisotopic (exact) mass is 434 g/mol. The summed E-state index contributed by atoms with van der Waals surface area (Å²) in [7, 11) is 0. The number of hydrogen-bond donors (Lipinski definition) is 2. The van der Waals surface area contributed by atoms with Gasteiger partial charge in [0.15, 0.2) is 0 Å². The summed E-state index contributed by atoms with van der Waals surface area (Å²) in [6.45, 7) is 10.0. The Kier molecular flexibility index (Phi) is 5.10. The Morgan fingerprint density at radius 1 is 1.09 bits per heavy atom. The number of β-amino-alcohol motifs (C(OH)–C–C–N with tert-alkyl or cyclic N) is 1. The fraction of sp³-hybridized carbons (Fsp3) is 0.519. The number of aliphatic hydroxyl groups excluding tert-OH is 1. The molecule has 2 aromatic rings. The number of piperidine rings is 1. The van der Waals surface area contributed by atoms with Gasteiger partial charge in [-0.1, -0.05) is 45.0 Å². The molecule has 3 aliphatic rings. The molecule has 32 heavy (non-hydrogen) atoms. The number of fused-ring (bicyclic) bond motifs is 4. The van der Waals surface area contributed by atoms with Gasteiger partial charge in [0.2, 0.25) is 0 Å². The number of hydrogen-bond acceptors (Lipinski definition) is 4. The summed E-state index contributed by atoms with van der Waals surface area (Å²) in [6, 6.07) is 13.9. The zero-order valence-electron chi connectivity index (χ0n) is 19.3. The molecule has 2 fully saturated rings. The molecule has 170 valence electrons. The number of carbonyl (C=O) groups is 1. The molecule has 2 saturated heterocycles. The van der Waals surface area contributed by atoms with Crippen molar-refractivity contribution < 1.29 is 15.0 Å². The minimum atomic E-state index is -0.218. The van der Waals surface area contributed by atoms with Crippen molar-refractivity contribution in [2.75, 3.05) is 19.6 Å². The van der Waals surface area contributed by atoms with Crippen LogP contribution in [0.4, 0.5) is 0 Å². The van der Waals surface area contributed by atoms with Crippen LogP contribution in [-0.2, 0) is 18.4 Å². The van der Waals surface area contributed by atoms with Crippen molar-refractivity contribution in [3.05, 3.63) is 64.7 Å². The number of amides is 1. The molecule has 5 heteroatoms. The van der Waals surface area contributed by atoms with Gasteiger partial charge in [-0.2, -0.15) is 0 Å². The molecular weight excluding hydrogens is 400 g/mol. The maximum Gasteiger partial charge on any atom is 0.254 e. The van der Waals surface area contributed by atoms with Crippen molar-refractivity contribution in [2.24, 2.45) is 5.41 Å². The highest BCUT2D eigenvalue weighted by Gasteiger charge is 2.57. The number of phenolic OH excluding ortho intramolecular Hbond substituents is 1. The average Bonchev–Trinajstić information content (AvgIpc) is 3.16. The molecule has 1 unspecified atom stereocenters. The van der Waals surface area contributed by atoms with Crippen molar-refractivity contribution in [1.29, 1.82) is 0 Å². The summed E-state index contributed by atoms with van der Waals surface area (Å²) in [5.74, 6) is 0.423. The Bertz CT molecular complexity index is 1030. The molecule has 1 amide bonds. The molecule has 2 bridgehead atoms. The van der Waals surface area contributed by atoms with E-state index in [0.29, 0.717) is 12.2 Å². The highest BCUT2D eigenvalue weighted by Crippen LogP contribution is 2.57. The van der Waals surface area contributed by atoms with Crippen LogP contribution < -0.4 is 0 Å². The van der Waals surface area contributed by atoms with Gasteiger partial charge < -0.3 is 15.1 Å². The first kappa shape index (κ1) is 21.5. The van der Waals surface area contributed by atoms with Crippen LogP contribution in [0.15, 0.2) is 42.5 Å². The van der Waals surface area contributed by atoms with E-state index in [9.17, 15) is 15.0 Å². The number of aliphatic hydroxyl groups is 1. The van der Waals surface area contributed by atoms with Gasteiger partial charge in [0.05, 0.1) is 6.10 Å². The van der Waals surface area contributed by atoms with Crippen molar-refractivity contribution >= 4 is 5.91 Å². The second kappa shape index (κ2) is 7.60. The van der Waals surface area contributed by atoms with Crippen LogP contribution in [0.25, 0.3) is 0 Å². The molecule has 0 spiro atoms. The Morgan fingerprint density at radius 3 is 2.53 bits per heavy atom. The number of benzene rings is 2. The molecule has 5 rings (SSSR count). The summed E-state index contributed by atoms with van der Waals surface area (Å²) in [6.07, 6.45) is 2.18. The molecule has 3 atom stereocenters. The van der Waals surface area contributed by atoms with Crippen LogP contribution in [0, 0.1) is 5.41 Å². The van der Waals surface area contributed by atoms with E-state index < -0.39 is 0 Å². The first-order chi connectivity index (χ1) is 15.2. The molecule has 5 nitrogen and oxygen atoms in total. The minimum Gasteiger partial charge on any atom is -0.508 e. The number of aromatic hydroxyl groups is 1. The molecule has 0 saturated carbocycles. The summed E-state index contributed by atoms with van der Waals surface area (Å²) < 4.78 is 0. The van der Waals surface area contributed by atoms with E-state index in [1.165, 1.54) is 11.1 Å². The topological polar surface area (TPSA) is 64.0 Å². The van der Waals surface area contributed by atoms with Gasteiger partial charge in [-0.3, -0.25) is 9.69 Å². The number of rotatable bonds is 3. The Morgan fingerprint density at radius 2 is 1.84 bits per heavy atom. The Hall–Kier alpha value is -2.37. The number of phenols is 1. The van der Waals surface area contributed by atoms with Crippen molar-refractivity contribution in [2.45, 2.75) is 64.1 Å². The van der Waals surface area contributed by atoms with Crippen LogP contribution in [-0.4, -0.2) is 57.7 Å². The fourth-order valence-corrected chi connectivity index (χ4v) is 6.30. The Labute approximate surface area is 190 Å². The van der Waals surface area contributed by atoms with Gasteiger partial charge in [0.25, 0.3) is 5.91 Å². The largest absolute Gasteiger partial charge is 0.508 e. The summed E-state index contributed by atoms with van der Waals surface area (Å²) in [5, 5.41) is 20.3. The van der Waals surface area contributed by atoms with Crippen molar-refractivity contribution in [3.8, 4) is 5.75 Å². The fourth-order valence-electron chi connectivity index (χ4n) is 6.30. The van der Waals surface area contributed by atoms with Gasteiger partial charge in [-0.15, -0.1) is 0 Å². The third kappa shape index (κ3) is 3.25. The summed E-state index contributed by atoms with van der Waals surface area (Å²) in [4.78, 5) is 17.9. The van der Waals surface area contributed by atoms with Gasteiger partial charge in [0, 0.05) is 43.2 Å². The quantitative estimate of drug-likeness (QED) is 0.773. The molecular formula is C27H34N2O3. The highest BCUT2D eigenvalue weighted by molar-refractivity contribution is 5.94. The maximum atomic E-state index is 13.6. The molecule has 2 aliphatic heterocycles. The average molecular weight is 435 g/mol. The Balaban J connectivity index is 1.39. The van der Waals surface area contributed by atoms with E-state index >= 15 is 0 Å². The van der Waals surface area contributed by atoms with E-state index in [2.05, 4.69) is 31.7 Å². The molecule has 0 aromatic heterocycles. The predicted octanol–water partition coefficient (Wildman–Crippen LogP) is 3.71. The zero-order valence-corrected chi connectivity index (χ0v) is 19.3. The summed E-state index contributed by atoms with van der Waals surface area (Å²) in [5.41, 5.74) is 3.95. The van der Waals surface area contributed by atoms with E-state index in [1.54, 1.807) is 6.07 Å². The number of nitrogens with zero attached hydrogens (tertiary/aromatic N) is 2. The van der Waals surface area contributed by atoms with Gasteiger partial charge >= 0.3 is 0 Å². The molecule has 2 aromatic carbocycles. The van der Waals surface area contributed by atoms with Crippen molar-refractivity contribution in [3.63, 3.8) is 0 Å². The first-order valence-corrected chi connectivity index (χ1v) is 11.8. The minimum absolute atomic E-state index is 0.0420. The van der Waals surface area contributed by atoms with Crippen LogP contribution in [0.3, 0.4) is 0 Å². The van der Waals surface area contributed by atoms with E-state index in [1.807, 2.05) is 35.2 Å². The SMILES string of the molecule is CC1(C)[C@@H]2Cc3c(O)cccc3[C@]1(C)CCN2C(=O)c1ccc(CN2CCC(O)C2)cc1. The summed E-state index contributed by atoms with van der Waals surface area (Å²) >= 11 is 0. The van der Waals surface area contributed by atoms with Crippen LogP contribution in [0.1, 0.15) is 60.7 Å². The van der Waals surface area contributed by atoms with Crippen LogP contribution in [0.5, 0.6) is 5.75 Å². The zero-order chi connectivity index (χ0) is 22.7. The molecule has 2 heterocycles. The maximum absolute atomic E-state index is 13.6. The smallest absolute Gasteiger partial charge is 0.254 e. The lowest BCUT2D eigenvalue weighted by Gasteiger charge is -2.60. The second-order valence-corrected chi connectivity index (χ2v) is 10.7. The predicted molar refractivity (Wildman–Crippen MR) is 125 cm³/mol. The molecule has 2 N–H and O–H groups in total. The molecule has 1 aliphatic carbocycles. The van der Waals surface area contributed by atoms with Crippen LogP contribution >= 0.6 is 0 Å².